The second kappa shape index (κ2) is 6.36. The zero-order valence-corrected chi connectivity index (χ0v) is 9.99. The first-order valence-electron chi connectivity index (χ1n) is 4.44. The molecule has 14 heavy (non-hydrogen) atoms. The summed E-state index contributed by atoms with van der Waals surface area (Å²) in [6, 6.07) is 0. The lowest BCUT2D eigenvalue weighted by Crippen LogP contribution is -2.26. The van der Waals surface area contributed by atoms with E-state index in [4.69, 9.17) is 50.1 Å². The first-order chi connectivity index (χ1) is 6.21. The third-order valence-corrected chi connectivity index (χ3v) is 2.29. The zero-order valence-electron chi connectivity index (χ0n) is 7.72. The fourth-order valence-corrected chi connectivity index (χ4v) is 1.44. The van der Waals surface area contributed by atoms with E-state index in [9.17, 15) is 0 Å². The molecular formula is C8H15Cl3O3. The normalized spacial score (nSPS) is 13.3. The summed E-state index contributed by atoms with van der Waals surface area (Å²) in [7, 11) is 0. The molecule has 0 rings (SSSR count). The van der Waals surface area contributed by atoms with Gasteiger partial charge in [-0.2, -0.15) is 0 Å². The number of alkyl halides is 3. The molecule has 0 aromatic heterocycles. The average Bonchev–Trinajstić information content (AvgIpc) is 1.92. The predicted molar refractivity (Wildman–Crippen MR) is 57.4 cm³/mol. The SMILES string of the molecule is OC(O)(O)CCCCCCC(Cl)(Cl)Cl. The molecule has 3 nitrogen and oxygen atoms in total. The summed E-state index contributed by atoms with van der Waals surface area (Å²) in [5.41, 5.74) is 0. The minimum absolute atomic E-state index is 0.0548. The Labute approximate surface area is 98.6 Å². The molecule has 0 fully saturated rings. The van der Waals surface area contributed by atoms with Crippen LogP contribution in [0.25, 0.3) is 0 Å². The van der Waals surface area contributed by atoms with Crippen LogP contribution in [0.2, 0.25) is 0 Å². The molecule has 0 aliphatic rings. The van der Waals surface area contributed by atoms with Crippen LogP contribution in [0.4, 0.5) is 0 Å². The fourth-order valence-electron chi connectivity index (χ4n) is 1.04. The summed E-state index contributed by atoms with van der Waals surface area (Å²) in [4.78, 5) is 0. The van der Waals surface area contributed by atoms with Gasteiger partial charge in [0.05, 0.1) is 0 Å². The Balaban J connectivity index is 3.23. The molecule has 0 aromatic carbocycles. The molecule has 86 valence electrons. The molecule has 0 unspecified atom stereocenters. The van der Waals surface area contributed by atoms with E-state index in [0.29, 0.717) is 12.8 Å². The maximum Gasteiger partial charge on any atom is 0.275 e. The van der Waals surface area contributed by atoms with Gasteiger partial charge in [0.25, 0.3) is 5.97 Å². The Bertz CT molecular complexity index is 133. The van der Waals surface area contributed by atoms with Gasteiger partial charge in [0, 0.05) is 6.42 Å². The zero-order chi connectivity index (χ0) is 11.2. The third-order valence-electron chi connectivity index (χ3n) is 1.72. The van der Waals surface area contributed by atoms with Gasteiger partial charge in [-0.15, -0.1) is 0 Å². The summed E-state index contributed by atoms with van der Waals surface area (Å²) in [5, 5.41) is 25.7. The molecule has 0 saturated carbocycles. The first-order valence-corrected chi connectivity index (χ1v) is 5.58. The highest BCUT2D eigenvalue weighted by Gasteiger charge is 2.19. The molecule has 0 radical (unpaired) electrons. The van der Waals surface area contributed by atoms with Gasteiger partial charge in [0.2, 0.25) is 0 Å². The van der Waals surface area contributed by atoms with Gasteiger partial charge in [0.15, 0.2) is 3.79 Å². The fraction of sp³-hybridized carbons (Fsp3) is 1.00. The Morgan fingerprint density at radius 3 is 1.50 bits per heavy atom. The van der Waals surface area contributed by atoms with E-state index < -0.39 is 9.77 Å². The topological polar surface area (TPSA) is 60.7 Å². The highest BCUT2D eigenvalue weighted by Crippen LogP contribution is 2.32. The van der Waals surface area contributed by atoms with Crippen LogP contribution in [-0.2, 0) is 0 Å². The van der Waals surface area contributed by atoms with Crippen molar-refractivity contribution in [1.29, 1.82) is 0 Å². The molecule has 0 bridgehead atoms. The Hall–Kier alpha value is 0.750. The van der Waals surface area contributed by atoms with E-state index in [0.717, 1.165) is 19.3 Å². The molecular weight excluding hydrogens is 250 g/mol. The summed E-state index contributed by atoms with van der Waals surface area (Å²) < 4.78 is -1.20. The number of unbranched alkanes of at least 4 members (excludes halogenated alkanes) is 3. The number of aliphatic hydroxyl groups is 3. The predicted octanol–water partition coefficient (Wildman–Crippen LogP) is 2.33. The van der Waals surface area contributed by atoms with Crippen molar-refractivity contribution in [2.75, 3.05) is 0 Å². The minimum atomic E-state index is -2.55. The highest BCUT2D eigenvalue weighted by atomic mass is 35.6. The number of rotatable bonds is 6. The minimum Gasteiger partial charge on any atom is -0.344 e. The van der Waals surface area contributed by atoms with E-state index in [1.54, 1.807) is 0 Å². The van der Waals surface area contributed by atoms with E-state index in [-0.39, 0.29) is 6.42 Å². The standard InChI is InChI=1S/C8H15Cl3O3/c9-7(10,11)5-3-1-2-4-6-8(12,13)14/h12-14H,1-6H2. The van der Waals surface area contributed by atoms with E-state index in [2.05, 4.69) is 0 Å². The van der Waals surface area contributed by atoms with Crippen LogP contribution >= 0.6 is 34.8 Å². The molecule has 0 heterocycles. The molecule has 0 spiro atoms. The van der Waals surface area contributed by atoms with Crippen molar-refractivity contribution in [3.8, 4) is 0 Å². The van der Waals surface area contributed by atoms with Gasteiger partial charge in [-0.3, -0.25) is 0 Å². The summed E-state index contributed by atoms with van der Waals surface area (Å²) in [6.45, 7) is 0. The van der Waals surface area contributed by atoms with Crippen LogP contribution in [0.1, 0.15) is 38.5 Å². The third kappa shape index (κ3) is 12.8. The molecule has 6 heteroatoms. The van der Waals surface area contributed by atoms with Crippen LogP contribution in [0.3, 0.4) is 0 Å². The van der Waals surface area contributed by atoms with E-state index in [1.807, 2.05) is 0 Å². The maximum absolute atomic E-state index is 8.55. The number of halogens is 3. The quantitative estimate of drug-likeness (QED) is 0.392. The molecule has 0 aliphatic heterocycles. The van der Waals surface area contributed by atoms with Crippen molar-refractivity contribution >= 4 is 34.8 Å². The van der Waals surface area contributed by atoms with Crippen molar-refractivity contribution in [2.24, 2.45) is 0 Å². The van der Waals surface area contributed by atoms with Crippen LogP contribution < -0.4 is 0 Å². The number of hydrogen-bond donors (Lipinski definition) is 3. The lowest BCUT2D eigenvalue weighted by molar-refractivity contribution is -0.315. The first kappa shape index (κ1) is 14.8. The van der Waals surface area contributed by atoms with Gasteiger partial charge in [-0.05, 0) is 19.3 Å². The van der Waals surface area contributed by atoms with E-state index >= 15 is 0 Å². The highest BCUT2D eigenvalue weighted by molar-refractivity contribution is 6.67. The summed E-state index contributed by atoms with van der Waals surface area (Å²) in [5.74, 6) is -2.55. The lowest BCUT2D eigenvalue weighted by atomic mass is 10.1. The number of hydrogen-bond acceptors (Lipinski definition) is 3. The van der Waals surface area contributed by atoms with Gasteiger partial charge in [-0.1, -0.05) is 47.6 Å². The molecule has 0 atom stereocenters. The second-order valence-corrected chi connectivity index (χ2v) is 5.82. The largest absolute Gasteiger partial charge is 0.344 e. The second-order valence-electron chi connectivity index (χ2n) is 3.30. The van der Waals surface area contributed by atoms with Gasteiger partial charge in [-0.25, -0.2) is 0 Å². The van der Waals surface area contributed by atoms with Crippen LogP contribution in [0.5, 0.6) is 0 Å². The van der Waals surface area contributed by atoms with Crippen LogP contribution in [0.15, 0.2) is 0 Å². The molecule has 0 aliphatic carbocycles. The lowest BCUT2D eigenvalue weighted by Gasteiger charge is -2.13. The Morgan fingerprint density at radius 2 is 1.14 bits per heavy atom. The molecule has 3 N–H and O–H groups in total. The summed E-state index contributed by atoms with van der Waals surface area (Å²) in [6.07, 6.45) is 3.34. The smallest absolute Gasteiger partial charge is 0.275 e. The van der Waals surface area contributed by atoms with Crippen LogP contribution in [-0.4, -0.2) is 25.1 Å². The average molecular weight is 266 g/mol. The monoisotopic (exact) mass is 264 g/mol. The van der Waals surface area contributed by atoms with Crippen molar-refractivity contribution in [2.45, 2.75) is 48.3 Å². The summed E-state index contributed by atoms with van der Waals surface area (Å²) >= 11 is 16.6. The van der Waals surface area contributed by atoms with Gasteiger partial charge < -0.3 is 15.3 Å². The maximum atomic E-state index is 8.55. The van der Waals surface area contributed by atoms with Crippen molar-refractivity contribution in [1.82, 2.24) is 0 Å². The van der Waals surface area contributed by atoms with Crippen molar-refractivity contribution < 1.29 is 15.3 Å². The Kier molecular flexibility index (Phi) is 6.70. The van der Waals surface area contributed by atoms with Gasteiger partial charge >= 0.3 is 0 Å². The Morgan fingerprint density at radius 1 is 0.714 bits per heavy atom. The molecule has 0 aromatic rings. The van der Waals surface area contributed by atoms with E-state index in [1.165, 1.54) is 0 Å². The van der Waals surface area contributed by atoms with Crippen LogP contribution in [0, 0.1) is 0 Å². The molecule has 0 amide bonds. The van der Waals surface area contributed by atoms with Crippen molar-refractivity contribution in [3.63, 3.8) is 0 Å². The molecule has 0 saturated heterocycles. The van der Waals surface area contributed by atoms with Crippen molar-refractivity contribution in [3.05, 3.63) is 0 Å². The van der Waals surface area contributed by atoms with Gasteiger partial charge in [0.1, 0.15) is 0 Å².